The summed E-state index contributed by atoms with van der Waals surface area (Å²) in [6.45, 7) is 3.45. The van der Waals surface area contributed by atoms with E-state index in [1.165, 1.54) is 24.8 Å². The maximum atomic E-state index is 14.3. The molecule has 3 heterocycles. The number of hydrogen-bond acceptors (Lipinski definition) is 5. The number of nitrogens with one attached hydrogen (secondary N) is 1. The van der Waals surface area contributed by atoms with Crippen molar-refractivity contribution in [3.8, 4) is 0 Å². The highest BCUT2D eigenvalue weighted by atomic mass is 16.2. The van der Waals surface area contributed by atoms with Crippen molar-refractivity contribution >= 4 is 23.6 Å². The molecular formula is C43H53N5O4. The fraction of sp³-hybridized carbons (Fsp3) is 0.488. The average molecular weight is 704 g/mol. The summed E-state index contributed by atoms with van der Waals surface area (Å²) in [4.78, 5) is 62.5. The zero-order valence-electron chi connectivity index (χ0n) is 30.3. The lowest BCUT2D eigenvalue weighted by Crippen LogP contribution is -2.65. The summed E-state index contributed by atoms with van der Waals surface area (Å²) in [7, 11) is 0. The molecule has 52 heavy (non-hydrogen) atoms. The summed E-state index contributed by atoms with van der Waals surface area (Å²) >= 11 is 0. The number of nitrogens with zero attached hydrogens (tertiary/aromatic N) is 4. The van der Waals surface area contributed by atoms with E-state index in [9.17, 15) is 19.2 Å². The first-order valence-corrected chi connectivity index (χ1v) is 19.5. The molecular weight excluding hydrogens is 651 g/mol. The van der Waals surface area contributed by atoms with Crippen LogP contribution in [0.5, 0.6) is 0 Å². The van der Waals surface area contributed by atoms with Crippen LogP contribution in [0.4, 0.5) is 0 Å². The molecule has 4 amide bonds. The molecule has 4 aliphatic rings. The number of carbonyl (C=O) groups excluding carboxylic acids is 4. The highest BCUT2D eigenvalue weighted by Gasteiger charge is 2.44. The maximum Gasteiger partial charge on any atom is 0.312 e. The zero-order valence-corrected chi connectivity index (χ0v) is 30.3. The van der Waals surface area contributed by atoms with Crippen molar-refractivity contribution in [3.63, 3.8) is 0 Å². The first-order chi connectivity index (χ1) is 25.4. The van der Waals surface area contributed by atoms with E-state index in [0.717, 1.165) is 43.4 Å². The van der Waals surface area contributed by atoms with Gasteiger partial charge in [-0.05, 0) is 74.1 Å². The molecule has 1 saturated carbocycles. The van der Waals surface area contributed by atoms with Crippen molar-refractivity contribution in [3.05, 3.63) is 108 Å². The predicted molar refractivity (Wildman–Crippen MR) is 201 cm³/mol. The Morgan fingerprint density at radius 1 is 0.596 bits per heavy atom. The molecule has 3 aromatic carbocycles. The second-order valence-electron chi connectivity index (χ2n) is 15.4. The minimum atomic E-state index is -0.546. The Balaban J connectivity index is 1.13. The summed E-state index contributed by atoms with van der Waals surface area (Å²) in [6, 6.07) is 30.3. The normalized spacial score (nSPS) is 24.0. The van der Waals surface area contributed by atoms with Crippen molar-refractivity contribution in [2.24, 2.45) is 5.92 Å². The molecule has 4 fully saturated rings. The van der Waals surface area contributed by atoms with Gasteiger partial charge >= 0.3 is 23.6 Å². The number of carbonyl (C=O) groups is 4. The van der Waals surface area contributed by atoms with Crippen LogP contribution in [0.1, 0.15) is 61.6 Å². The van der Waals surface area contributed by atoms with Crippen molar-refractivity contribution in [2.75, 3.05) is 39.3 Å². The first kappa shape index (κ1) is 35.9. The summed E-state index contributed by atoms with van der Waals surface area (Å²) in [6.07, 6.45) is 9.72. The number of piperazine rings is 2. The van der Waals surface area contributed by atoms with E-state index < -0.39 is 17.7 Å². The van der Waals surface area contributed by atoms with Gasteiger partial charge in [-0.15, -0.1) is 0 Å². The van der Waals surface area contributed by atoms with Crippen LogP contribution in [0.2, 0.25) is 0 Å². The Kier molecular flexibility index (Phi) is 11.7. The third kappa shape index (κ3) is 8.58. The molecule has 0 unspecified atom stereocenters. The number of benzene rings is 3. The minimum Gasteiger partial charge on any atom is -0.346 e. The van der Waals surface area contributed by atoms with Gasteiger partial charge in [0.25, 0.3) is 0 Å². The fourth-order valence-electron chi connectivity index (χ4n) is 9.07. The molecule has 274 valence electrons. The van der Waals surface area contributed by atoms with E-state index in [1.807, 2.05) is 64.4 Å². The third-order valence-corrected chi connectivity index (χ3v) is 11.9. The number of rotatable bonds is 13. The van der Waals surface area contributed by atoms with Crippen LogP contribution in [-0.4, -0.2) is 107 Å². The van der Waals surface area contributed by atoms with Crippen LogP contribution < -0.4 is 5.32 Å². The summed E-state index contributed by atoms with van der Waals surface area (Å²) < 4.78 is 0. The van der Waals surface area contributed by atoms with Crippen LogP contribution in [0.25, 0.3) is 0 Å². The minimum absolute atomic E-state index is 0.0462. The SMILES string of the molecule is O=C1NC[C@H](Cc2ccccc2)N(C[C@H]2CCCN2C[C@H](Cc2ccccc2)N2C[C@H](Cc3ccccc3)N(CC3CCCCC3)C(=O)C2=O)C1=O. The molecule has 3 saturated heterocycles. The largest absolute Gasteiger partial charge is 0.346 e. The lowest BCUT2D eigenvalue weighted by atomic mass is 9.87. The van der Waals surface area contributed by atoms with Crippen LogP contribution in [0.3, 0.4) is 0 Å². The molecule has 1 aliphatic carbocycles. The van der Waals surface area contributed by atoms with Crippen LogP contribution in [0.15, 0.2) is 91.0 Å². The number of hydrogen-bond donors (Lipinski definition) is 1. The van der Waals surface area contributed by atoms with E-state index >= 15 is 0 Å². The lowest BCUT2D eigenvalue weighted by Gasteiger charge is -2.46. The van der Waals surface area contributed by atoms with E-state index in [0.29, 0.717) is 57.9 Å². The molecule has 1 N–H and O–H groups in total. The topological polar surface area (TPSA) is 93.3 Å². The summed E-state index contributed by atoms with van der Waals surface area (Å²) in [5, 5.41) is 2.81. The number of likely N-dealkylation sites (tertiary alicyclic amines) is 1. The molecule has 0 aromatic heterocycles. The van der Waals surface area contributed by atoms with Gasteiger partial charge < -0.3 is 20.0 Å². The molecule has 3 aromatic rings. The smallest absolute Gasteiger partial charge is 0.312 e. The lowest BCUT2D eigenvalue weighted by molar-refractivity contribution is -0.162. The fourth-order valence-corrected chi connectivity index (χ4v) is 9.07. The Morgan fingerprint density at radius 2 is 1.19 bits per heavy atom. The highest BCUT2D eigenvalue weighted by Crippen LogP contribution is 2.30. The molecule has 0 bridgehead atoms. The molecule has 4 atom stereocenters. The highest BCUT2D eigenvalue weighted by molar-refractivity contribution is 6.36. The van der Waals surface area contributed by atoms with E-state index in [-0.39, 0.29) is 30.1 Å². The van der Waals surface area contributed by atoms with Gasteiger partial charge in [-0.25, -0.2) is 0 Å². The second kappa shape index (κ2) is 16.9. The van der Waals surface area contributed by atoms with Gasteiger partial charge in [0.05, 0.1) is 12.1 Å². The zero-order chi connectivity index (χ0) is 35.9. The number of amides is 4. The summed E-state index contributed by atoms with van der Waals surface area (Å²) in [5.74, 6) is -1.36. The van der Waals surface area contributed by atoms with Gasteiger partial charge in [-0.2, -0.15) is 0 Å². The molecule has 0 radical (unpaired) electrons. The Labute approximate surface area is 308 Å². The molecule has 0 spiro atoms. The van der Waals surface area contributed by atoms with Crippen LogP contribution in [0, 0.1) is 5.92 Å². The van der Waals surface area contributed by atoms with Crippen molar-refractivity contribution in [2.45, 2.75) is 88.4 Å². The standard InChI is InChI=1S/C43H53N5O4/c49-40-41(50)47(37(27-44-40)24-32-14-5-1-6-15-32)30-36-22-13-23-45(36)29-38(25-33-16-7-2-8-17-33)48-31-39(26-34-18-9-3-10-19-34)46(42(51)43(48)52)28-35-20-11-4-12-21-35/h1-3,5-10,14-19,35-39H,4,11-13,20-31H2,(H,44,49)/t36-,37+,38+,39+/m1/s1. The Morgan fingerprint density at radius 3 is 1.85 bits per heavy atom. The molecule has 9 heteroatoms. The molecule has 9 nitrogen and oxygen atoms in total. The monoisotopic (exact) mass is 703 g/mol. The second-order valence-corrected chi connectivity index (χ2v) is 15.4. The van der Waals surface area contributed by atoms with Gasteiger partial charge in [0.15, 0.2) is 0 Å². The van der Waals surface area contributed by atoms with Gasteiger partial charge in [0.2, 0.25) is 0 Å². The quantitative estimate of drug-likeness (QED) is 0.265. The first-order valence-electron chi connectivity index (χ1n) is 19.5. The summed E-state index contributed by atoms with van der Waals surface area (Å²) in [5.41, 5.74) is 3.42. The van der Waals surface area contributed by atoms with Crippen LogP contribution in [-0.2, 0) is 38.4 Å². The van der Waals surface area contributed by atoms with Crippen molar-refractivity contribution < 1.29 is 19.2 Å². The van der Waals surface area contributed by atoms with E-state index in [4.69, 9.17) is 0 Å². The van der Waals surface area contributed by atoms with Crippen molar-refractivity contribution in [1.82, 2.24) is 24.9 Å². The van der Waals surface area contributed by atoms with E-state index in [2.05, 4.69) is 46.6 Å². The third-order valence-electron chi connectivity index (χ3n) is 11.9. The maximum absolute atomic E-state index is 14.3. The molecule has 7 rings (SSSR count). The Bertz CT molecular complexity index is 1660. The van der Waals surface area contributed by atoms with Gasteiger partial charge in [0.1, 0.15) is 0 Å². The predicted octanol–water partition coefficient (Wildman–Crippen LogP) is 4.49. The van der Waals surface area contributed by atoms with Gasteiger partial charge in [0, 0.05) is 44.8 Å². The van der Waals surface area contributed by atoms with E-state index in [1.54, 1.807) is 4.90 Å². The van der Waals surface area contributed by atoms with Crippen LogP contribution >= 0.6 is 0 Å². The average Bonchev–Trinajstić information content (AvgIpc) is 3.62. The van der Waals surface area contributed by atoms with Crippen molar-refractivity contribution in [1.29, 1.82) is 0 Å². The van der Waals surface area contributed by atoms with Gasteiger partial charge in [-0.1, -0.05) is 110 Å². The molecule has 3 aliphatic heterocycles. The van der Waals surface area contributed by atoms with Gasteiger partial charge in [-0.3, -0.25) is 24.1 Å². The Hall–Kier alpha value is -4.50.